The minimum atomic E-state index is -0.749. The number of carbonyl (C=O) groups excluding carboxylic acids is 1. The van der Waals surface area contributed by atoms with E-state index in [1.54, 1.807) is 0 Å². The number of hydrogen-bond acceptors (Lipinski definition) is 3. The lowest BCUT2D eigenvalue weighted by Gasteiger charge is -1.92. The summed E-state index contributed by atoms with van der Waals surface area (Å²) in [5.74, 6) is 2.74. The third-order valence-corrected chi connectivity index (χ3v) is 1.53. The highest BCUT2D eigenvalue weighted by molar-refractivity contribution is 5.60. The summed E-state index contributed by atoms with van der Waals surface area (Å²) in [7, 11) is 1.26. The first kappa shape index (κ1) is 11.8. The Bertz CT molecular complexity index is 188. The van der Waals surface area contributed by atoms with Crippen molar-refractivity contribution in [3.63, 3.8) is 0 Å². The average molecular weight is 184 g/mol. The van der Waals surface area contributed by atoms with Crippen LogP contribution in [0.5, 0.6) is 0 Å². The molecular formula is C10H16O3. The molecule has 0 spiro atoms. The van der Waals surface area contributed by atoms with E-state index < -0.39 is 6.16 Å². The van der Waals surface area contributed by atoms with Crippen molar-refractivity contribution in [2.45, 2.75) is 39.0 Å². The Morgan fingerprint density at radius 3 is 2.69 bits per heavy atom. The van der Waals surface area contributed by atoms with E-state index in [2.05, 4.69) is 28.4 Å². The molecule has 0 unspecified atom stereocenters. The molecule has 0 aromatic rings. The van der Waals surface area contributed by atoms with Crippen molar-refractivity contribution in [1.29, 1.82) is 0 Å². The molecule has 0 heterocycles. The number of unbranched alkanes of at least 4 members (excludes halogenated alkanes) is 4. The average Bonchev–Trinajstić information content (AvgIpc) is 2.16. The minimum absolute atomic E-state index is 0.749. The lowest BCUT2D eigenvalue weighted by atomic mass is 10.2. The van der Waals surface area contributed by atoms with E-state index in [4.69, 9.17) is 0 Å². The molecule has 0 saturated carbocycles. The highest BCUT2D eigenvalue weighted by Gasteiger charge is 1.94. The van der Waals surface area contributed by atoms with Crippen molar-refractivity contribution in [2.75, 3.05) is 7.11 Å². The van der Waals surface area contributed by atoms with Crippen LogP contribution in [0.3, 0.4) is 0 Å². The molecule has 13 heavy (non-hydrogen) atoms. The topological polar surface area (TPSA) is 35.5 Å². The molecule has 0 fully saturated rings. The molecule has 0 rings (SSSR count). The molecular weight excluding hydrogens is 168 g/mol. The van der Waals surface area contributed by atoms with Crippen LogP contribution in [0.1, 0.15) is 39.0 Å². The second kappa shape index (κ2) is 8.92. The van der Waals surface area contributed by atoms with Gasteiger partial charge in [0.25, 0.3) is 0 Å². The SMILES string of the molecule is CCCCCCC#COC(=O)OC. The Morgan fingerprint density at radius 1 is 1.31 bits per heavy atom. The molecule has 0 radical (unpaired) electrons. The van der Waals surface area contributed by atoms with E-state index in [1.165, 1.54) is 26.4 Å². The highest BCUT2D eigenvalue weighted by atomic mass is 16.7. The van der Waals surface area contributed by atoms with E-state index in [1.807, 2.05) is 0 Å². The summed E-state index contributed by atoms with van der Waals surface area (Å²) in [6.07, 6.45) is 7.01. The van der Waals surface area contributed by atoms with Crippen LogP contribution >= 0.6 is 0 Å². The minimum Gasteiger partial charge on any atom is -0.437 e. The Labute approximate surface area is 79.4 Å². The first-order valence-electron chi connectivity index (χ1n) is 4.54. The van der Waals surface area contributed by atoms with E-state index in [0.29, 0.717) is 0 Å². The number of rotatable bonds is 4. The van der Waals surface area contributed by atoms with Crippen LogP contribution < -0.4 is 0 Å². The monoisotopic (exact) mass is 184 g/mol. The van der Waals surface area contributed by atoms with Crippen LogP contribution in [0.15, 0.2) is 0 Å². The fourth-order valence-corrected chi connectivity index (χ4v) is 0.811. The van der Waals surface area contributed by atoms with Gasteiger partial charge < -0.3 is 9.47 Å². The van der Waals surface area contributed by atoms with Gasteiger partial charge in [0.05, 0.1) is 7.11 Å². The highest BCUT2D eigenvalue weighted by Crippen LogP contribution is 2.00. The zero-order chi connectivity index (χ0) is 9.94. The van der Waals surface area contributed by atoms with Crippen LogP contribution in [-0.2, 0) is 9.47 Å². The van der Waals surface area contributed by atoms with Crippen LogP contribution in [0.2, 0.25) is 0 Å². The summed E-state index contributed by atoms with van der Waals surface area (Å²) in [5, 5.41) is 0. The van der Waals surface area contributed by atoms with Gasteiger partial charge in [-0.3, -0.25) is 0 Å². The second-order valence-corrected chi connectivity index (χ2v) is 2.65. The van der Waals surface area contributed by atoms with E-state index in [9.17, 15) is 4.79 Å². The molecule has 0 aliphatic rings. The Kier molecular flexibility index (Phi) is 8.12. The van der Waals surface area contributed by atoms with Gasteiger partial charge in [-0.1, -0.05) is 32.1 Å². The van der Waals surface area contributed by atoms with Crippen LogP contribution in [0, 0.1) is 12.0 Å². The summed E-state index contributed by atoms with van der Waals surface area (Å²) in [6, 6.07) is 0. The van der Waals surface area contributed by atoms with Gasteiger partial charge in [0.1, 0.15) is 6.11 Å². The number of methoxy groups -OCH3 is 1. The van der Waals surface area contributed by atoms with Gasteiger partial charge in [-0.05, 0) is 6.42 Å². The van der Waals surface area contributed by atoms with Crippen LogP contribution in [0.4, 0.5) is 4.79 Å². The van der Waals surface area contributed by atoms with Crippen LogP contribution in [0.25, 0.3) is 0 Å². The van der Waals surface area contributed by atoms with E-state index in [-0.39, 0.29) is 0 Å². The largest absolute Gasteiger partial charge is 0.522 e. The Balaban J connectivity index is 3.25. The molecule has 0 bridgehead atoms. The van der Waals surface area contributed by atoms with Crippen molar-refractivity contribution in [3.05, 3.63) is 0 Å². The molecule has 0 aliphatic heterocycles. The summed E-state index contributed by atoms with van der Waals surface area (Å²) in [5.41, 5.74) is 0. The molecule has 3 heteroatoms. The maximum Gasteiger partial charge on any atom is 0.522 e. The van der Waals surface area contributed by atoms with Gasteiger partial charge in [0.2, 0.25) is 0 Å². The van der Waals surface area contributed by atoms with Gasteiger partial charge in [0, 0.05) is 6.42 Å². The molecule has 0 aromatic heterocycles. The standard InChI is InChI=1S/C10H16O3/c1-3-4-5-6-7-8-9-13-10(11)12-2/h3-7H2,1-2H3. The van der Waals surface area contributed by atoms with Crippen LogP contribution in [-0.4, -0.2) is 13.3 Å². The van der Waals surface area contributed by atoms with Gasteiger partial charge >= 0.3 is 6.16 Å². The van der Waals surface area contributed by atoms with Gasteiger partial charge in [-0.15, -0.1) is 0 Å². The first-order valence-corrected chi connectivity index (χ1v) is 4.54. The molecule has 0 saturated heterocycles. The van der Waals surface area contributed by atoms with Gasteiger partial charge in [-0.25, -0.2) is 4.79 Å². The van der Waals surface area contributed by atoms with Gasteiger partial charge in [0.15, 0.2) is 0 Å². The van der Waals surface area contributed by atoms with Crippen molar-refractivity contribution >= 4 is 6.16 Å². The third kappa shape index (κ3) is 8.74. The van der Waals surface area contributed by atoms with Crippen molar-refractivity contribution in [2.24, 2.45) is 0 Å². The number of ether oxygens (including phenoxy) is 2. The summed E-state index contributed by atoms with van der Waals surface area (Å²) >= 11 is 0. The van der Waals surface area contributed by atoms with Gasteiger partial charge in [-0.2, -0.15) is 0 Å². The van der Waals surface area contributed by atoms with Crippen molar-refractivity contribution in [1.82, 2.24) is 0 Å². The molecule has 0 atom stereocenters. The maximum atomic E-state index is 10.4. The number of hydrogen-bond donors (Lipinski definition) is 0. The maximum absolute atomic E-state index is 10.4. The predicted octanol–water partition coefficient (Wildman–Crippen LogP) is 2.70. The molecule has 0 aliphatic carbocycles. The van der Waals surface area contributed by atoms with E-state index in [0.717, 1.165) is 12.8 Å². The predicted molar refractivity (Wildman–Crippen MR) is 50.0 cm³/mol. The van der Waals surface area contributed by atoms with Crippen molar-refractivity contribution < 1.29 is 14.3 Å². The zero-order valence-corrected chi connectivity index (χ0v) is 8.26. The summed E-state index contributed by atoms with van der Waals surface area (Å²) in [4.78, 5) is 10.4. The number of carbonyl (C=O) groups is 1. The molecule has 0 amide bonds. The molecule has 3 nitrogen and oxygen atoms in total. The van der Waals surface area contributed by atoms with Crippen molar-refractivity contribution in [3.8, 4) is 12.0 Å². The molecule has 74 valence electrons. The quantitative estimate of drug-likeness (QED) is 0.383. The molecule has 0 N–H and O–H groups in total. The lowest BCUT2D eigenvalue weighted by Crippen LogP contribution is -1.98. The molecule has 0 aromatic carbocycles. The smallest absolute Gasteiger partial charge is 0.437 e. The Hall–Kier alpha value is -1.17. The zero-order valence-electron chi connectivity index (χ0n) is 8.26. The van der Waals surface area contributed by atoms with E-state index >= 15 is 0 Å². The summed E-state index contributed by atoms with van der Waals surface area (Å²) in [6.45, 7) is 2.16. The fraction of sp³-hybridized carbons (Fsp3) is 0.700. The fourth-order valence-electron chi connectivity index (χ4n) is 0.811. The summed E-state index contributed by atoms with van der Waals surface area (Å²) < 4.78 is 8.61. The Morgan fingerprint density at radius 2 is 2.08 bits per heavy atom. The first-order chi connectivity index (χ1) is 6.31. The normalized spacial score (nSPS) is 8.46. The second-order valence-electron chi connectivity index (χ2n) is 2.65. The third-order valence-electron chi connectivity index (χ3n) is 1.53. The lowest BCUT2D eigenvalue weighted by molar-refractivity contribution is 0.112.